The molecule has 0 saturated carbocycles. The number of nitrogens with one attached hydrogen (secondary N) is 1. The first kappa shape index (κ1) is 16.7. The molecule has 2 heterocycles. The fourth-order valence-electron chi connectivity index (χ4n) is 2.69. The first-order chi connectivity index (χ1) is 10.6. The highest BCUT2D eigenvalue weighted by Gasteiger charge is 2.17. The summed E-state index contributed by atoms with van der Waals surface area (Å²) in [5, 5.41) is 2.94. The molecule has 2 rings (SSSR count). The second kappa shape index (κ2) is 8.13. The van der Waals surface area contributed by atoms with E-state index in [1.807, 2.05) is 26.2 Å². The number of rotatable bonds is 6. The zero-order valence-corrected chi connectivity index (χ0v) is 14.0. The molecule has 0 unspecified atom stereocenters. The average Bonchev–Trinajstić information content (AvgIpc) is 2.52. The van der Waals surface area contributed by atoms with Crippen molar-refractivity contribution in [2.24, 2.45) is 5.92 Å². The Labute approximate surface area is 133 Å². The van der Waals surface area contributed by atoms with Crippen LogP contribution >= 0.6 is 0 Å². The maximum Gasteiger partial charge on any atom is 0.269 e. The van der Waals surface area contributed by atoms with Crippen LogP contribution in [0.15, 0.2) is 18.3 Å². The van der Waals surface area contributed by atoms with Crippen LogP contribution < -0.4 is 10.2 Å². The number of aromatic nitrogens is 1. The Bertz CT molecular complexity index is 481. The van der Waals surface area contributed by atoms with Gasteiger partial charge in [-0.1, -0.05) is 6.92 Å². The Morgan fingerprint density at radius 2 is 2.14 bits per heavy atom. The lowest BCUT2D eigenvalue weighted by Gasteiger charge is -2.32. The minimum Gasteiger partial charge on any atom is -0.371 e. The summed E-state index contributed by atoms with van der Waals surface area (Å²) in [5.41, 5.74) is 1.63. The van der Waals surface area contributed by atoms with Gasteiger partial charge in [-0.25, -0.2) is 0 Å². The summed E-state index contributed by atoms with van der Waals surface area (Å²) >= 11 is 0. The molecule has 1 fully saturated rings. The van der Waals surface area contributed by atoms with Gasteiger partial charge < -0.3 is 15.1 Å². The third kappa shape index (κ3) is 4.98. The Balaban J connectivity index is 1.89. The van der Waals surface area contributed by atoms with E-state index in [4.69, 9.17) is 0 Å². The van der Waals surface area contributed by atoms with Gasteiger partial charge in [0.05, 0.1) is 0 Å². The second-order valence-electron chi connectivity index (χ2n) is 6.48. The van der Waals surface area contributed by atoms with Crippen LogP contribution in [0.1, 0.15) is 36.7 Å². The van der Waals surface area contributed by atoms with Crippen LogP contribution in [0.3, 0.4) is 0 Å². The van der Waals surface area contributed by atoms with Crippen LogP contribution in [-0.4, -0.2) is 56.1 Å². The van der Waals surface area contributed by atoms with Gasteiger partial charge >= 0.3 is 0 Å². The van der Waals surface area contributed by atoms with Gasteiger partial charge in [0.1, 0.15) is 5.69 Å². The highest BCUT2D eigenvalue weighted by Crippen LogP contribution is 2.22. The number of carbonyl (C=O) groups excluding carboxylic acids is 1. The molecule has 22 heavy (non-hydrogen) atoms. The molecule has 1 N–H and O–H groups in total. The highest BCUT2D eigenvalue weighted by atomic mass is 16.1. The maximum absolute atomic E-state index is 12.2. The van der Waals surface area contributed by atoms with E-state index >= 15 is 0 Å². The topological polar surface area (TPSA) is 48.5 Å². The summed E-state index contributed by atoms with van der Waals surface area (Å²) in [7, 11) is 4.07. The summed E-state index contributed by atoms with van der Waals surface area (Å²) in [4.78, 5) is 20.8. The Hall–Kier alpha value is -1.62. The van der Waals surface area contributed by atoms with Crippen LogP contribution in [0.5, 0.6) is 0 Å². The number of piperidine rings is 1. The molecule has 1 amide bonds. The van der Waals surface area contributed by atoms with E-state index in [2.05, 4.69) is 27.0 Å². The number of nitrogens with zero attached hydrogens (tertiary/aromatic N) is 3. The normalized spacial score (nSPS) is 16.1. The first-order valence-electron chi connectivity index (χ1n) is 8.20. The van der Waals surface area contributed by atoms with Crippen molar-refractivity contribution in [3.05, 3.63) is 24.0 Å². The highest BCUT2D eigenvalue weighted by molar-refractivity contribution is 5.93. The molecule has 0 spiro atoms. The molecular weight excluding hydrogens is 276 g/mol. The summed E-state index contributed by atoms with van der Waals surface area (Å²) in [6.07, 6.45) is 5.12. The van der Waals surface area contributed by atoms with E-state index in [-0.39, 0.29) is 5.91 Å². The molecule has 0 atom stereocenters. The summed E-state index contributed by atoms with van der Waals surface area (Å²) in [5.74, 6) is 0.725. The van der Waals surface area contributed by atoms with Crippen molar-refractivity contribution in [2.75, 3.05) is 45.2 Å². The molecule has 1 aromatic heterocycles. The molecule has 1 saturated heterocycles. The molecule has 1 aliphatic rings. The first-order valence-corrected chi connectivity index (χ1v) is 8.20. The van der Waals surface area contributed by atoms with E-state index in [9.17, 15) is 4.79 Å². The maximum atomic E-state index is 12.2. The van der Waals surface area contributed by atoms with Crippen molar-refractivity contribution >= 4 is 11.6 Å². The summed E-state index contributed by atoms with van der Waals surface area (Å²) in [6, 6.07) is 3.91. The molecule has 0 radical (unpaired) electrons. The van der Waals surface area contributed by atoms with Gasteiger partial charge in [-0.15, -0.1) is 0 Å². The second-order valence-corrected chi connectivity index (χ2v) is 6.48. The molecule has 122 valence electrons. The lowest BCUT2D eigenvalue weighted by Crippen LogP contribution is -2.33. The predicted octanol–water partition coefficient (Wildman–Crippen LogP) is 2.00. The van der Waals surface area contributed by atoms with Crippen LogP contribution in [0.2, 0.25) is 0 Å². The fraction of sp³-hybridized carbons (Fsp3) is 0.647. The van der Waals surface area contributed by atoms with Gasteiger partial charge in [-0.05, 0) is 58.0 Å². The zero-order chi connectivity index (χ0) is 15.9. The summed E-state index contributed by atoms with van der Waals surface area (Å²) < 4.78 is 0. The van der Waals surface area contributed by atoms with Gasteiger partial charge in [0.15, 0.2) is 0 Å². The van der Waals surface area contributed by atoms with Crippen molar-refractivity contribution in [1.82, 2.24) is 15.2 Å². The number of pyridine rings is 1. The smallest absolute Gasteiger partial charge is 0.269 e. The van der Waals surface area contributed by atoms with Gasteiger partial charge in [-0.3, -0.25) is 9.78 Å². The standard InChI is InChI=1S/C17H28N4O/c1-14-6-11-21(12-7-14)15-5-9-18-16(13-15)17(22)19-8-4-10-20(2)3/h5,9,13-14H,4,6-8,10-12H2,1-3H3,(H,19,22). The van der Waals surface area contributed by atoms with Crippen LogP contribution in [0.4, 0.5) is 5.69 Å². The minimum absolute atomic E-state index is 0.0778. The van der Waals surface area contributed by atoms with Crippen LogP contribution in [-0.2, 0) is 0 Å². The number of hydrogen-bond donors (Lipinski definition) is 1. The monoisotopic (exact) mass is 304 g/mol. The number of amides is 1. The van der Waals surface area contributed by atoms with Crippen molar-refractivity contribution < 1.29 is 4.79 Å². The Morgan fingerprint density at radius 1 is 1.41 bits per heavy atom. The van der Waals surface area contributed by atoms with E-state index in [0.717, 1.165) is 37.7 Å². The van der Waals surface area contributed by atoms with Crippen LogP contribution in [0, 0.1) is 5.92 Å². The third-order valence-corrected chi connectivity index (χ3v) is 4.19. The predicted molar refractivity (Wildman–Crippen MR) is 90.4 cm³/mol. The van der Waals surface area contributed by atoms with E-state index in [1.54, 1.807) is 6.20 Å². The van der Waals surface area contributed by atoms with E-state index in [1.165, 1.54) is 12.8 Å². The SMILES string of the molecule is CC1CCN(c2ccnc(C(=O)NCCCN(C)C)c2)CC1. The largest absolute Gasteiger partial charge is 0.371 e. The fourth-order valence-corrected chi connectivity index (χ4v) is 2.69. The molecule has 1 aromatic rings. The van der Waals surface area contributed by atoms with Crippen molar-refractivity contribution in [1.29, 1.82) is 0 Å². The lowest BCUT2D eigenvalue weighted by atomic mass is 9.99. The molecular formula is C17H28N4O. The van der Waals surface area contributed by atoms with Crippen molar-refractivity contribution in [3.63, 3.8) is 0 Å². The Morgan fingerprint density at radius 3 is 2.82 bits per heavy atom. The number of hydrogen-bond acceptors (Lipinski definition) is 4. The van der Waals surface area contributed by atoms with Crippen molar-refractivity contribution in [3.8, 4) is 0 Å². The Kier molecular flexibility index (Phi) is 6.19. The van der Waals surface area contributed by atoms with Crippen molar-refractivity contribution in [2.45, 2.75) is 26.2 Å². The van der Waals surface area contributed by atoms with E-state index < -0.39 is 0 Å². The lowest BCUT2D eigenvalue weighted by molar-refractivity contribution is 0.0947. The number of carbonyl (C=O) groups is 1. The van der Waals surface area contributed by atoms with Gasteiger partial charge in [0, 0.05) is 31.5 Å². The molecule has 5 nitrogen and oxygen atoms in total. The molecule has 1 aliphatic heterocycles. The van der Waals surface area contributed by atoms with Gasteiger partial charge in [0.25, 0.3) is 5.91 Å². The molecule has 5 heteroatoms. The average molecular weight is 304 g/mol. The summed E-state index contributed by atoms with van der Waals surface area (Å²) in [6.45, 7) is 6.09. The number of anilines is 1. The zero-order valence-electron chi connectivity index (χ0n) is 14.0. The minimum atomic E-state index is -0.0778. The van der Waals surface area contributed by atoms with Crippen LogP contribution in [0.25, 0.3) is 0 Å². The van der Waals surface area contributed by atoms with E-state index in [0.29, 0.717) is 12.2 Å². The van der Waals surface area contributed by atoms with Gasteiger partial charge in [0.2, 0.25) is 0 Å². The third-order valence-electron chi connectivity index (χ3n) is 4.19. The molecule has 0 aliphatic carbocycles. The molecule has 0 bridgehead atoms. The van der Waals surface area contributed by atoms with Gasteiger partial charge in [-0.2, -0.15) is 0 Å². The molecule has 0 aromatic carbocycles. The quantitative estimate of drug-likeness (QED) is 0.817.